The van der Waals surface area contributed by atoms with Gasteiger partial charge in [-0.15, -0.1) is 0 Å². The average molecular weight is 312 g/mol. The first-order chi connectivity index (χ1) is 10.3. The van der Waals surface area contributed by atoms with Gasteiger partial charge in [-0.1, -0.05) is 13.3 Å². The first kappa shape index (κ1) is 18.4. The van der Waals surface area contributed by atoms with Crippen LogP contribution in [-0.2, 0) is 9.59 Å². The van der Waals surface area contributed by atoms with Gasteiger partial charge in [0.2, 0.25) is 11.8 Å². The topological polar surface area (TPSA) is 105 Å². The van der Waals surface area contributed by atoms with Crippen LogP contribution in [0.15, 0.2) is 0 Å². The van der Waals surface area contributed by atoms with Gasteiger partial charge in [-0.25, -0.2) is 4.79 Å². The predicted molar refractivity (Wildman–Crippen MR) is 84.0 cm³/mol. The van der Waals surface area contributed by atoms with E-state index in [-0.39, 0.29) is 17.9 Å². The minimum absolute atomic E-state index is 0.0492. The Labute approximate surface area is 132 Å². The third-order valence-electron chi connectivity index (χ3n) is 4.11. The molecule has 22 heavy (non-hydrogen) atoms. The zero-order valence-electron chi connectivity index (χ0n) is 13.7. The number of carbonyl (C=O) groups is 3. The van der Waals surface area contributed by atoms with Crippen molar-refractivity contribution >= 4 is 17.8 Å². The summed E-state index contributed by atoms with van der Waals surface area (Å²) in [4.78, 5) is 36.8. The van der Waals surface area contributed by atoms with Crippen LogP contribution in [0.3, 0.4) is 0 Å². The minimum atomic E-state index is -0.850. The van der Waals surface area contributed by atoms with E-state index in [1.807, 2.05) is 11.8 Å². The van der Waals surface area contributed by atoms with E-state index in [0.717, 1.165) is 32.2 Å². The monoisotopic (exact) mass is 312 g/mol. The molecule has 126 valence electrons. The third kappa shape index (κ3) is 5.63. The zero-order chi connectivity index (χ0) is 16.7. The van der Waals surface area contributed by atoms with Crippen LogP contribution in [0.5, 0.6) is 0 Å². The van der Waals surface area contributed by atoms with E-state index < -0.39 is 18.0 Å². The molecule has 0 radical (unpaired) electrons. The van der Waals surface area contributed by atoms with E-state index in [4.69, 9.17) is 5.73 Å². The van der Waals surface area contributed by atoms with Gasteiger partial charge in [0.15, 0.2) is 0 Å². The molecule has 0 aromatic rings. The van der Waals surface area contributed by atoms with Crippen molar-refractivity contribution in [3.05, 3.63) is 0 Å². The second kappa shape index (κ2) is 8.73. The number of hydrogen-bond acceptors (Lipinski definition) is 4. The Morgan fingerprint density at radius 3 is 2.59 bits per heavy atom. The largest absolute Gasteiger partial charge is 0.353 e. The van der Waals surface area contributed by atoms with Crippen molar-refractivity contribution in [2.75, 3.05) is 13.1 Å². The summed E-state index contributed by atoms with van der Waals surface area (Å²) in [5.41, 5.74) is 4.97. The molecule has 1 saturated heterocycles. The van der Waals surface area contributed by atoms with Crippen molar-refractivity contribution in [3.8, 4) is 0 Å². The second-order valence-corrected chi connectivity index (χ2v) is 6.06. The van der Waals surface area contributed by atoms with Gasteiger partial charge in [0, 0.05) is 12.6 Å². The van der Waals surface area contributed by atoms with Crippen molar-refractivity contribution in [1.82, 2.24) is 15.5 Å². The van der Waals surface area contributed by atoms with E-state index in [2.05, 4.69) is 17.6 Å². The molecule has 1 aliphatic rings. The molecule has 0 aromatic heterocycles. The van der Waals surface area contributed by atoms with Crippen LogP contribution in [0.1, 0.15) is 46.5 Å². The Hall–Kier alpha value is -1.63. The highest BCUT2D eigenvalue weighted by Gasteiger charge is 2.31. The van der Waals surface area contributed by atoms with Crippen LogP contribution >= 0.6 is 0 Å². The number of rotatable bonds is 6. The molecule has 0 saturated carbocycles. The molecule has 7 nitrogen and oxygen atoms in total. The SMILES string of the molecule is CCC[C@H](C)NC(=O)[C@@H]1CCCN([C@@H](C)C(=O)NC(N)=O)C1. The number of primary amides is 1. The van der Waals surface area contributed by atoms with E-state index in [0.29, 0.717) is 6.54 Å². The van der Waals surface area contributed by atoms with Crippen molar-refractivity contribution < 1.29 is 14.4 Å². The van der Waals surface area contributed by atoms with Crippen LogP contribution in [0.2, 0.25) is 0 Å². The second-order valence-electron chi connectivity index (χ2n) is 6.06. The number of imide groups is 1. The number of nitrogens with one attached hydrogen (secondary N) is 2. The molecule has 1 fully saturated rings. The molecule has 0 aliphatic carbocycles. The van der Waals surface area contributed by atoms with E-state index >= 15 is 0 Å². The normalized spacial score (nSPS) is 21.7. The lowest BCUT2D eigenvalue weighted by Gasteiger charge is -2.35. The Balaban J connectivity index is 2.54. The molecule has 0 unspecified atom stereocenters. The average Bonchev–Trinajstić information content (AvgIpc) is 2.46. The number of likely N-dealkylation sites (tertiary alicyclic amines) is 1. The number of hydrogen-bond donors (Lipinski definition) is 3. The molecule has 0 aromatic carbocycles. The maximum atomic E-state index is 12.3. The molecule has 1 rings (SSSR count). The smallest absolute Gasteiger partial charge is 0.318 e. The zero-order valence-corrected chi connectivity index (χ0v) is 13.7. The van der Waals surface area contributed by atoms with E-state index in [9.17, 15) is 14.4 Å². The molecule has 3 atom stereocenters. The van der Waals surface area contributed by atoms with E-state index in [1.165, 1.54) is 0 Å². The maximum absolute atomic E-state index is 12.3. The lowest BCUT2D eigenvalue weighted by atomic mass is 9.95. The summed E-state index contributed by atoms with van der Waals surface area (Å²) in [5.74, 6) is -0.488. The molecular formula is C15H28N4O3. The van der Waals surface area contributed by atoms with Crippen molar-refractivity contribution in [1.29, 1.82) is 0 Å². The Morgan fingerprint density at radius 1 is 1.32 bits per heavy atom. The van der Waals surface area contributed by atoms with Gasteiger partial charge in [0.05, 0.1) is 12.0 Å². The fraction of sp³-hybridized carbons (Fsp3) is 0.800. The summed E-state index contributed by atoms with van der Waals surface area (Å²) in [7, 11) is 0. The van der Waals surface area contributed by atoms with Gasteiger partial charge in [0.1, 0.15) is 0 Å². The Morgan fingerprint density at radius 2 is 2.00 bits per heavy atom. The first-order valence-corrected chi connectivity index (χ1v) is 7.99. The molecule has 7 heteroatoms. The summed E-state index contributed by atoms with van der Waals surface area (Å²) in [6, 6.07) is -1.16. The van der Waals surface area contributed by atoms with Crippen LogP contribution in [0, 0.1) is 5.92 Å². The number of nitrogens with two attached hydrogens (primary N) is 1. The van der Waals surface area contributed by atoms with Gasteiger partial charge < -0.3 is 11.1 Å². The molecule has 0 bridgehead atoms. The van der Waals surface area contributed by atoms with Gasteiger partial charge in [-0.05, 0) is 39.7 Å². The van der Waals surface area contributed by atoms with Crippen molar-refractivity contribution in [2.45, 2.75) is 58.5 Å². The fourth-order valence-electron chi connectivity index (χ4n) is 2.83. The molecular weight excluding hydrogens is 284 g/mol. The molecule has 1 heterocycles. The number of urea groups is 1. The summed E-state index contributed by atoms with van der Waals surface area (Å²) < 4.78 is 0. The van der Waals surface area contributed by atoms with Gasteiger partial charge >= 0.3 is 6.03 Å². The highest BCUT2D eigenvalue weighted by Crippen LogP contribution is 2.19. The van der Waals surface area contributed by atoms with Crippen LogP contribution in [0.25, 0.3) is 0 Å². The number of nitrogens with zero attached hydrogens (tertiary/aromatic N) is 1. The molecule has 4 amide bonds. The Kier molecular flexibility index (Phi) is 7.31. The van der Waals surface area contributed by atoms with Crippen LogP contribution in [0.4, 0.5) is 4.79 Å². The standard InChI is InChI=1S/C15H28N4O3/c1-4-6-10(2)17-14(21)12-7-5-8-19(9-12)11(3)13(20)18-15(16)22/h10-12H,4-9H2,1-3H3,(H,17,21)(H3,16,18,20,22)/t10-,11-,12+/m0/s1. The quantitative estimate of drug-likeness (QED) is 0.667. The first-order valence-electron chi connectivity index (χ1n) is 7.99. The van der Waals surface area contributed by atoms with Crippen molar-refractivity contribution in [2.24, 2.45) is 11.7 Å². The van der Waals surface area contributed by atoms with E-state index in [1.54, 1.807) is 6.92 Å². The van der Waals surface area contributed by atoms with Gasteiger partial charge in [-0.3, -0.25) is 19.8 Å². The molecule has 0 spiro atoms. The molecule has 4 N–H and O–H groups in total. The minimum Gasteiger partial charge on any atom is -0.353 e. The summed E-state index contributed by atoms with van der Waals surface area (Å²) in [5, 5.41) is 5.12. The number of amides is 4. The maximum Gasteiger partial charge on any atom is 0.318 e. The molecule has 1 aliphatic heterocycles. The third-order valence-corrected chi connectivity index (χ3v) is 4.11. The highest BCUT2D eigenvalue weighted by molar-refractivity contribution is 5.96. The lowest BCUT2D eigenvalue weighted by molar-refractivity contribution is -0.131. The van der Waals surface area contributed by atoms with Gasteiger partial charge in [0.25, 0.3) is 0 Å². The lowest BCUT2D eigenvalue weighted by Crippen LogP contribution is -2.53. The van der Waals surface area contributed by atoms with Gasteiger partial charge in [-0.2, -0.15) is 0 Å². The van der Waals surface area contributed by atoms with Crippen LogP contribution < -0.4 is 16.4 Å². The highest BCUT2D eigenvalue weighted by atomic mass is 16.2. The fourth-order valence-corrected chi connectivity index (χ4v) is 2.83. The van der Waals surface area contributed by atoms with Crippen molar-refractivity contribution in [3.63, 3.8) is 0 Å². The summed E-state index contributed by atoms with van der Waals surface area (Å²) in [6.45, 7) is 7.08. The number of carbonyl (C=O) groups excluding carboxylic acids is 3. The summed E-state index contributed by atoms with van der Waals surface area (Å²) in [6.07, 6.45) is 3.67. The summed E-state index contributed by atoms with van der Waals surface area (Å²) >= 11 is 0. The Bertz CT molecular complexity index is 414. The predicted octanol–water partition coefficient (Wildman–Crippen LogP) is 0.587. The number of piperidine rings is 1. The van der Waals surface area contributed by atoms with Crippen LogP contribution in [-0.4, -0.2) is 47.9 Å².